The van der Waals surface area contributed by atoms with E-state index < -0.39 is 239 Å². The third-order valence-corrected chi connectivity index (χ3v) is 13.8. The van der Waals surface area contributed by atoms with Gasteiger partial charge in [0, 0.05) is 13.8 Å². The zero-order valence-electron chi connectivity index (χ0n) is 40.4. The number of carbonyl (C=O) groups is 2. The van der Waals surface area contributed by atoms with E-state index in [9.17, 15) is 104 Å². The molecule has 0 aliphatic carbocycles. The molecule has 0 aromatic rings. The van der Waals surface area contributed by atoms with Gasteiger partial charge in [-0.15, -0.1) is 0 Å². The van der Waals surface area contributed by atoms with Crippen LogP contribution in [0.25, 0.3) is 0 Å². The summed E-state index contributed by atoms with van der Waals surface area (Å²) in [7, 11) is -5.40. The van der Waals surface area contributed by atoms with E-state index in [-0.39, 0.29) is 0 Å². The van der Waals surface area contributed by atoms with Crippen LogP contribution in [0.5, 0.6) is 0 Å². The van der Waals surface area contributed by atoms with Crippen LogP contribution >= 0.6 is 0 Å². The predicted molar refractivity (Wildman–Crippen MR) is 231 cm³/mol. The summed E-state index contributed by atoms with van der Waals surface area (Å²) in [6.07, 6.45) is -55.1. The Morgan fingerprint density at radius 2 is 0.855 bits per heavy atom. The quantitative estimate of drug-likeness (QED) is 0.0534. The number of carbonyl (C=O) groups excluding carboxylic acids is 2. The molecule has 36 heteroatoms. The van der Waals surface area contributed by atoms with E-state index in [0.717, 1.165) is 13.8 Å². The summed E-state index contributed by atoms with van der Waals surface area (Å²) in [4.78, 5) is 24.9. The van der Waals surface area contributed by atoms with Gasteiger partial charge in [0.2, 0.25) is 11.8 Å². The Morgan fingerprint density at radius 3 is 1.37 bits per heavy atom. The lowest BCUT2D eigenvalue weighted by Gasteiger charge is -2.51. The van der Waals surface area contributed by atoms with Gasteiger partial charge in [0.1, 0.15) is 140 Å². The average Bonchev–Trinajstić information content (AvgIpc) is 3.36. The third kappa shape index (κ3) is 14.2. The lowest BCUT2D eigenvalue weighted by Crippen LogP contribution is -2.70. The van der Waals surface area contributed by atoms with E-state index in [1.807, 2.05) is 0 Å². The zero-order chi connectivity index (χ0) is 56.4. The van der Waals surface area contributed by atoms with Crippen molar-refractivity contribution in [3.63, 3.8) is 0 Å². The van der Waals surface area contributed by atoms with Crippen molar-refractivity contribution in [3.05, 3.63) is 0 Å². The first kappa shape index (κ1) is 62.9. The fraction of sp³-hybridized carbons (Fsp3) is 0.950. The second-order valence-electron chi connectivity index (χ2n) is 18.8. The van der Waals surface area contributed by atoms with Crippen LogP contribution in [0, 0.1) is 0 Å². The molecular weight excluding hydrogens is 1070 g/mol. The highest BCUT2D eigenvalue weighted by Gasteiger charge is 2.58. The van der Waals surface area contributed by atoms with Gasteiger partial charge in [-0.1, -0.05) is 0 Å². The highest BCUT2D eigenvalue weighted by molar-refractivity contribution is 7.80. The fourth-order valence-electron chi connectivity index (χ4n) is 9.27. The minimum absolute atomic E-state index is 0.806. The van der Waals surface area contributed by atoms with E-state index >= 15 is 0 Å². The van der Waals surface area contributed by atoms with Crippen molar-refractivity contribution in [1.29, 1.82) is 0 Å². The van der Waals surface area contributed by atoms with Crippen LogP contribution in [-0.2, 0) is 76.3 Å². The van der Waals surface area contributed by atoms with Gasteiger partial charge in [-0.3, -0.25) is 14.1 Å². The molecule has 19 N–H and O–H groups in total. The summed E-state index contributed by atoms with van der Waals surface area (Å²) in [5.74, 6) is -1.73. The Labute approximate surface area is 430 Å². The highest BCUT2D eigenvalue weighted by Crippen LogP contribution is 2.37. The molecule has 0 aromatic carbocycles. The number of nitrogens with one attached hydrogen (secondary N) is 2. The Hall–Kier alpha value is -2.27. The first-order valence-corrected chi connectivity index (χ1v) is 25.0. The maximum Gasteiger partial charge on any atom is 0.397 e. The second-order valence-corrected chi connectivity index (χ2v) is 19.9. The molecule has 0 unspecified atom stereocenters. The topological polar surface area (TPSA) is 547 Å². The summed E-state index contributed by atoms with van der Waals surface area (Å²) in [5.41, 5.74) is 0. The monoisotopic (exact) mass is 1140 g/mol. The van der Waals surface area contributed by atoms with E-state index in [1.165, 1.54) is 6.92 Å². The molecule has 6 fully saturated rings. The van der Waals surface area contributed by atoms with Crippen molar-refractivity contribution in [2.45, 2.75) is 205 Å². The molecule has 6 heterocycles. The summed E-state index contributed by atoms with van der Waals surface area (Å²) < 4.78 is 101. The number of ether oxygens (including phenoxy) is 11. The van der Waals surface area contributed by atoms with Crippen LogP contribution in [0.15, 0.2) is 0 Å². The van der Waals surface area contributed by atoms with E-state index in [1.54, 1.807) is 0 Å². The molecule has 0 aromatic heterocycles. The highest BCUT2D eigenvalue weighted by atomic mass is 32.3. The maximum atomic E-state index is 12.7. The largest absolute Gasteiger partial charge is 0.397 e. The Kier molecular flexibility index (Phi) is 22.0. The van der Waals surface area contributed by atoms with E-state index in [2.05, 4.69) is 14.8 Å². The summed E-state index contributed by atoms with van der Waals surface area (Å²) in [5, 5.41) is 176. The van der Waals surface area contributed by atoms with Crippen LogP contribution in [0.3, 0.4) is 0 Å². The molecule has 0 spiro atoms. The number of rotatable bonds is 19. The zero-order valence-corrected chi connectivity index (χ0v) is 41.2. The normalized spacial score (nSPS) is 48.5. The number of aliphatic hydroxyl groups excluding tert-OH is 16. The number of hydrogen-bond donors (Lipinski definition) is 19. The average molecular weight is 1140 g/mol. The Morgan fingerprint density at radius 1 is 0.434 bits per heavy atom. The molecule has 6 rings (SSSR count). The molecule has 30 atom stereocenters. The molecule has 0 radical (unpaired) electrons. The summed E-state index contributed by atoms with van der Waals surface area (Å²) >= 11 is 0. The van der Waals surface area contributed by atoms with Gasteiger partial charge in [0.05, 0.1) is 39.1 Å². The first-order valence-electron chi connectivity index (χ1n) is 23.6. The van der Waals surface area contributed by atoms with E-state index in [4.69, 9.17) is 52.1 Å². The SMILES string of the molecule is CC(=O)N[C@@H]1[C@@H](O[C@@H]2O[C@H](CO)[C@H](O)[C@H](O)[C@H]2O)[C@@H](O)[C@@H](CO[C@@H]2O[C@H](COS(=O)(=O)O)[C@@H](O[C@@H]3O[C@H](CO)[C@H](O)[C@H](O[C@H]4O[C@H](CO)[C@H](O)[C@H](O)[C@H]4O)[C@H]3O[C@@H]3O[C@@H](C)[C@@H](O)[C@@H](O)[C@@H]3O)[C@H](O)[C@H]2NC(C)=O)O[C@@H]1O. The van der Waals surface area contributed by atoms with Crippen LogP contribution in [-0.4, -0.2) is 324 Å². The Balaban J connectivity index is 1.32. The molecule has 76 heavy (non-hydrogen) atoms. The van der Waals surface area contributed by atoms with Gasteiger partial charge in [-0.05, 0) is 6.92 Å². The number of aliphatic hydroxyl groups is 16. The van der Waals surface area contributed by atoms with Gasteiger partial charge in [0.15, 0.2) is 37.7 Å². The molecule has 2 amide bonds. The molecule has 442 valence electrons. The number of amides is 2. The van der Waals surface area contributed by atoms with Crippen molar-refractivity contribution >= 4 is 22.2 Å². The van der Waals surface area contributed by atoms with Crippen LogP contribution < -0.4 is 10.6 Å². The molecule has 6 saturated heterocycles. The summed E-state index contributed by atoms with van der Waals surface area (Å²) in [6, 6.07) is -3.56. The lowest BCUT2D eigenvalue weighted by atomic mass is 9.94. The molecule has 6 aliphatic rings. The molecular formula is C40H68N2O33S. The van der Waals surface area contributed by atoms with Crippen molar-refractivity contribution < 1.29 is 161 Å². The first-order chi connectivity index (χ1) is 35.6. The van der Waals surface area contributed by atoms with Gasteiger partial charge in [0.25, 0.3) is 0 Å². The predicted octanol–water partition coefficient (Wildman–Crippen LogP) is -13.0. The summed E-state index contributed by atoms with van der Waals surface area (Å²) in [6.45, 7) is -2.04. The smallest absolute Gasteiger partial charge is 0.394 e. The van der Waals surface area contributed by atoms with Crippen molar-refractivity contribution in [3.8, 4) is 0 Å². The minimum atomic E-state index is -5.40. The molecule has 35 nitrogen and oxygen atoms in total. The van der Waals surface area contributed by atoms with Crippen molar-refractivity contribution in [2.24, 2.45) is 0 Å². The minimum Gasteiger partial charge on any atom is -0.394 e. The maximum absolute atomic E-state index is 12.7. The molecule has 0 bridgehead atoms. The standard InChI is InChI=1S/C40H68N2O33S/c1-9-19(48)25(54)28(57)37(66-9)75-34-33(74-39-30(59)27(56)21(50)13(5-44)69-39)22(51)14(6-45)70-40(34)72-31-16(8-65-76(61,62)63)71-36(17(24(31)53)41-10(2)46)64-7-15-23(52)32(18(35(60)67-15)42-11(3)47)73-38-29(58)26(55)20(49)12(4-43)68-38/h9,12-40,43-45,48-60H,4-8H2,1-3H3,(H,41,46)(H,42,47)(H,61,62,63)/t9-,12+,13+,14+,15+,16+,17+,18+,19+,20-,21-,22-,23-,24+,25+,26-,27-,28-,29+,30+,31+,32+,33-,34+,35-,36+,37-,38-,39+,40-/m0/s1. The van der Waals surface area contributed by atoms with Crippen LogP contribution in [0.2, 0.25) is 0 Å². The second kappa shape index (κ2) is 26.5. The number of hydrogen-bond acceptors (Lipinski definition) is 32. The molecule has 0 saturated carbocycles. The van der Waals surface area contributed by atoms with Crippen LogP contribution in [0.1, 0.15) is 20.8 Å². The van der Waals surface area contributed by atoms with Crippen molar-refractivity contribution in [1.82, 2.24) is 10.6 Å². The van der Waals surface area contributed by atoms with Gasteiger partial charge >= 0.3 is 10.4 Å². The van der Waals surface area contributed by atoms with E-state index in [0.29, 0.717) is 0 Å². The van der Waals surface area contributed by atoms with Gasteiger partial charge in [-0.2, -0.15) is 8.42 Å². The third-order valence-electron chi connectivity index (χ3n) is 13.4. The van der Waals surface area contributed by atoms with Gasteiger partial charge in [-0.25, -0.2) is 4.18 Å². The molecule has 6 aliphatic heterocycles. The fourth-order valence-corrected chi connectivity index (χ4v) is 9.58. The van der Waals surface area contributed by atoms with Crippen molar-refractivity contribution in [2.75, 3.05) is 33.0 Å². The lowest BCUT2D eigenvalue weighted by molar-refractivity contribution is -0.402. The Bertz CT molecular complexity index is 1980. The van der Waals surface area contributed by atoms with Gasteiger partial charge < -0.3 is 144 Å². The van der Waals surface area contributed by atoms with Crippen LogP contribution in [0.4, 0.5) is 0 Å².